The minimum absolute atomic E-state index is 0.362. The van der Waals surface area contributed by atoms with E-state index in [2.05, 4.69) is 9.97 Å². The van der Waals surface area contributed by atoms with Gasteiger partial charge in [-0.15, -0.1) is 0 Å². The van der Waals surface area contributed by atoms with Crippen LogP contribution in [0.5, 0.6) is 11.6 Å². The molecule has 5 heteroatoms. The Balaban J connectivity index is 2.06. The first-order chi connectivity index (χ1) is 9.22. The maximum absolute atomic E-state index is 13.1. The third-order valence-electron chi connectivity index (χ3n) is 2.57. The molecule has 0 bridgehead atoms. The van der Waals surface area contributed by atoms with Crippen molar-refractivity contribution in [2.24, 2.45) is 0 Å². The molecule has 0 aliphatic heterocycles. The molecule has 0 spiro atoms. The molecule has 2 aromatic carbocycles. The topological polar surface area (TPSA) is 35.0 Å². The highest BCUT2D eigenvalue weighted by Crippen LogP contribution is 2.28. The SMILES string of the molecule is Fc1cccc(Oc2ncnc3cc(Cl)ccc23)c1. The van der Waals surface area contributed by atoms with Crippen LogP contribution in [0.2, 0.25) is 5.02 Å². The summed E-state index contributed by atoms with van der Waals surface area (Å²) in [4.78, 5) is 8.17. The van der Waals surface area contributed by atoms with E-state index in [1.54, 1.807) is 30.3 Å². The van der Waals surface area contributed by atoms with Gasteiger partial charge in [-0.3, -0.25) is 0 Å². The van der Waals surface area contributed by atoms with Crippen molar-refractivity contribution in [1.82, 2.24) is 9.97 Å². The lowest BCUT2D eigenvalue weighted by atomic mass is 10.2. The van der Waals surface area contributed by atoms with Crippen LogP contribution in [-0.2, 0) is 0 Å². The predicted molar refractivity (Wildman–Crippen MR) is 71.0 cm³/mol. The number of hydrogen-bond acceptors (Lipinski definition) is 3. The summed E-state index contributed by atoms with van der Waals surface area (Å²) in [5.74, 6) is 0.390. The van der Waals surface area contributed by atoms with Crippen molar-refractivity contribution in [2.75, 3.05) is 0 Å². The molecule has 0 amide bonds. The molecule has 3 rings (SSSR count). The number of benzene rings is 2. The largest absolute Gasteiger partial charge is 0.438 e. The second kappa shape index (κ2) is 4.82. The third-order valence-corrected chi connectivity index (χ3v) is 2.81. The van der Waals surface area contributed by atoms with E-state index >= 15 is 0 Å². The fraction of sp³-hybridized carbons (Fsp3) is 0. The van der Waals surface area contributed by atoms with Crippen LogP contribution in [0.15, 0.2) is 48.8 Å². The summed E-state index contributed by atoms with van der Waals surface area (Å²) < 4.78 is 18.7. The molecule has 0 fully saturated rings. The standard InChI is InChI=1S/C14H8ClFN2O/c15-9-4-5-12-13(6-9)17-8-18-14(12)19-11-3-1-2-10(16)7-11/h1-8H. The van der Waals surface area contributed by atoms with Gasteiger partial charge in [0.25, 0.3) is 0 Å². The summed E-state index contributed by atoms with van der Waals surface area (Å²) in [5, 5.41) is 1.30. The van der Waals surface area contributed by atoms with Gasteiger partial charge < -0.3 is 4.74 Å². The highest BCUT2D eigenvalue weighted by atomic mass is 35.5. The van der Waals surface area contributed by atoms with Gasteiger partial charge in [0.15, 0.2) is 0 Å². The summed E-state index contributed by atoms with van der Waals surface area (Å²) in [6.45, 7) is 0. The first-order valence-electron chi connectivity index (χ1n) is 5.56. The normalized spacial score (nSPS) is 10.6. The van der Waals surface area contributed by atoms with Crippen LogP contribution >= 0.6 is 11.6 Å². The van der Waals surface area contributed by atoms with Crippen LogP contribution in [0.1, 0.15) is 0 Å². The average molecular weight is 275 g/mol. The van der Waals surface area contributed by atoms with Crippen LogP contribution in [0.4, 0.5) is 4.39 Å². The molecule has 0 saturated carbocycles. The van der Waals surface area contributed by atoms with Gasteiger partial charge in [-0.05, 0) is 30.3 Å². The molecule has 0 aliphatic carbocycles. The average Bonchev–Trinajstić information content (AvgIpc) is 2.38. The number of hydrogen-bond donors (Lipinski definition) is 0. The molecule has 0 saturated heterocycles. The number of rotatable bonds is 2. The number of aromatic nitrogens is 2. The lowest BCUT2D eigenvalue weighted by Gasteiger charge is -2.07. The molecular formula is C14H8ClFN2O. The summed E-state index contributed by atoms with van der Waals surface area (Å²) >= 11 is 5.90. The van der Waals surface area contributed by atoms with Gasteiger partial charge in [0.1, 0.15) is 17.9 Å². The zero-order valence-electron chi connectivity index (χ0n) is 9.68. The lowest BCUT2D eigenvalue weighted by Crippen LogP contribution is -1.91. The molecule has 19 heavy (non-hydrogen) atoms. The molecule has 0 aliphatic rings. The van der Waals surface area contributed by atoms with E-state index in [0.29, 0.717) is 22.2 Å². The van der Waals surface area contributed by atoms with E-state index < -0.39 is 0 Å². The van der Waals surface area contributed by atoms with E-state index in [1.807, 2.05) is 0 Å². The zero-order chi connectivity index (χ0) is 13.2. The fourth-order valence-corrected chi connectivity index (χ4v) is 1.90. The van der Waals surface area contributed by atoms with E-state index in [-0.39, 0.29) is 5.82 Å². The van der Waals surface area contributed by atoms with Crippen molar-refractivity contribution in [3.8, 4) is 11.6 Å². The molecule has 0 N–H and O–H groups in total. The van der Waals surface area contributed by atoms with Gasteiger partial charge in [0, 0.05) is 11.1 Å². The summed E-state index contributed by atoms with van der Waals surface area (Å²) in [5.41, 5.74) is 0.675. The van der Waals surface area contributed by atoms with Crippen molar-refractivity contribution in [3.05, 3.63) is 59.6 Å². The van der Waals surface area contributed by atoms with Gasteiger partial charge >= 0.3 is 0 Å². The monoisotopic (exact) mass is 274 g/mol. The Labute approximate surface area is 113 Å². The van der Waals surface area contributed by atoms with Crippen LogP contribution in [0.25, 0.3) is 10.9 Å². The summed E-state index contributed by atoms with van der Waals surface area (Å²) in [7, 11) is 0. The second-order valence-electron chi connectivity index (χ2n) is 3.90. The molecule has 94 valence electrons. The third kappa shape index (κ3) is 2.48. The molecule has 1 aromatic heterocycles. The number of halogens is 2. The van der Waals surface area contributed by atoms with Crippen LogP contribution in [-0.4, -0.2) is 9.97 Å². The second-order valence-corrected chi connectivity index (χ2v) is 4.34. The Morgan fingerprint density at radius 1 is 1.05 bits per heavy atom. The van der Waals surface area contributed by atoms with E-state index in [9.17, 15) is 4.39 Å². The molecular weight excluding hydrogens is 267 g/mol. The van der Waals surface area contributed by atoms with Gasteiger partial charge in [-0.25, -0.2) is 14.4 Å². The fourth-order valence-electron chi connectivity index (χ4n) is 1.73. The Morgan fingerprint density at radius 3 is 2.79 bits per heavy atom. The molecule has 0 atom stereocenters. The van der Waals surface area contributed by atoms with Gasteiger partial charge in [0.2, 0.25) is 5.88 Å². The van der Waals surface area contributed by atoms with Crippen LogP contribution in [0, 0.1) is 5.82 Å². The molecule has 3 aromatic rings. The van der Waals surface area contributed by atoms with Gasteiger partial charge in [-0.1, -0.05) is 17.7 Å². The highest BCUT2D eigenvalue weighted by Gasteiger charge is 2.07. The highest BCUT2D eigenvalue weighted by molar-refractivity contribution is 6.31. The van der Waals surface area contributed by atoms with Crippen LogP contribution in [0.3, 0.4) is 0 Å². The smallest absolute Gasteiger partial charge is 0.230 e. The maximum atomic E-state index is 13.1. The Bertz CT molecular complexity index is 748. The maximum Gasteiger partial charge on any atom is 0.230 e. The quantitative estimate of drug-likeness (QED) is 0.702. The van der Waals surface area contributed by atoms with E-state index in [1.165, 1.54) is 18.5 Å². The number of ether oxygens (including phenoxy) is 1. The van der Waals surface area contributed by atoms with Crippen molar-refractivity contribution >= 4 is 22.5 Å². The lowest BCUT2D eigenvalue weighted by molar-refractivity contribution is 0.463. The Kier molecular flexibility index (Phi) is 3.01. The van der Waals surface area contributed by atoms with Crippen molar-refractivity contribution in [2.45, 2.75) is 0 Å². The van der Waals surface area contributed by atoms with Crippen molar-refractivity contribution < 1.29 is 9.13 Å². The first kappa shape index (κ1) is 11.9. The predicted octanol–water partition coefficient (Wildman–Crippen LogP) is 4.21. The van der Waals surface area contributed by atoms with Crippen molar-refractivity contribution in [1.29, 1.82) is 0 Å². The minimum atomic E-state index is -0.362. The number of fused-ring (bicyclic) bond motifs is 1. The molecule has 0 radical (unpaired) electrons. The summed E-state index contributed by atoms with van der Waals surface area (Å²) in [6, 6.07) is 11.1. The molecule has 0 unspecified atom stereocenters. The van der Waals surface area contributed by atoms with E-state index in [4.69, 9.17) is 16.3 Å². The Hall–Kier alpha value is -2.20. The van der Waals surface area contributed by atoms with Crippen LogP contribution < -0.4 is 4.74 Å². The summed E-state index contributed by atoms with van der Waals surface area (Å²) in [6.07, 6.45) is 1.38. The first-order valence-corrected chi connectivity index (χ1v) is 5.94. The van der Waals surface area contributed by atoms with Crippen molar-refractivity contribution in [3.63, 3.8) is 0 Å². The van der Waals surface area contributed by atoms with Gasteiger partial charge in [-0.2, -0.15) is 0 Å². The minimum Gasteiger partial charge on any atom is -0.438 e. The molecule has 3 nitrogen and oxygen atoms in total. The molecule has 1 heterocycles. The Morgan fingerprint density at radius 2 is 1.95 bits per heavy atom. The number of nitrogens with zero attached hydrogens (tertiary/aromatic N) is 2. The van der Waals surface area contributed by atoms with E-state index in [0.717, 1.165) is 5.39 Å². The zero-order valence-corrected chi connectivity index (χ0v) is 10.4. The van der Waals surface area contributed by atoms with Gasteiger partial charge in [0.05, 0.1) is 10.9 Å².